The van der Waals surface area contributed by atoms with E-state index in [0.29, 0.717) is 5.56 Å². The lowest BCUT2D eigenvalue weighted by atomic mass is 10.2. The Labute approximate surface area is 106 Å². The molecule has 0 unspecified atom stereocenters. The number of rotatable bonds is 5. The first-order chi connectivity index (χ1) is 8.52. The summed E-state index contributed by atoms with van der Waals surface area (Å²) in [6.07, 6.45) is 3.38. The third kappa shape index (κ3) is 4.50. The van der Waals surface area contributed by atoms with Gasteiger partial charge < -0.3 is 5.32 Å². The molecule has 6 heteroatoms. The van der Waals surface area contributed by atoms with Crippen LogP contribution in [0.25, 0.3) is 0 Å². The molecule has 0 bridgehead atoms. The van der Waals surface area contributed by atoms with Crippen molar-refractivity contribution in [1.82, 2.24) is 16.2 Å². The average molecular weight is 251 g/mol. The predicted molar refractivity (Wildman–Crippen MR) is 66.4 cm³/mol. The van der Waals surface area contributed by atoms with Crippen molar-refractivity contribution in [3.63, 3.8) is 0 Å². The Morgan fingerprint density at radius 2 is 2.11 bits per heavy atom. The molecule has 0 aliphatic rings. The first kappa shape index (κ1) is 14.1. The van der Waals surface area contributed by atoms with E-state index < -0.39 is 0 Å². The molecule has 1 aromatic rings. The molecule has 3 N–H and O–H groups in total. The predicted octanol–water partition coefficient (Wildman–Crippen LogP) is -0.637. The molecule has 1 heterocycles. The van der Waals surface area contributed by atoms with Crippen molar-refractivity contribution in [2.24, 2.45) is 0 Å². The van der Waals surface area contributed by atoms with Crippen molar-refractivity contribution >= 4 is 11.8 Å². The Kier molecular flexibility index (Phi) is 5.26. The quantitative estimate of drug-likeness (QED) is 0.481. The molecule has 0 aromatic carbocycles. The van der Waals surface area contributed by atoms with Gasteiger partial charge in [0.15, 0.2) is 12.4 Å². The Morgan fingerprint density at radius 3 is 2.72 bits per heavy atom. The van der Waals surface area contributed by atoms with Crippen LogP contribution in [0.2, 0.25) is 0 Å². The van der Waals surface area contributed by atoms with Crippen molar-refractivity contribution in [2.75, 3.05) is 7.05 Å². The van der Waals surface area contributed by atoms with Gasteiger partial charge in [-0.15, -0.1) is 0 Å². The van der Waals surface area contributed by atoms with Gasteiger partial charge in [0, 0.05) is 19.2 Å². The van der Waals surface area contributed by atoms with Gasteiger partial charge in [0.2, 0.25) is 6.54 Å². The molecule has 6 nitrogen and oxygen atoms in total. The maximum absolute atomic E-state index is 11.6. The summed E-state index contributed by atoms with van der Waals surface area (Å²) in [5.74, 6) is -0.322. The van der Waals surface area contributed by atoms with Crippen molar-refractivity contribution in [2.45, 2.75) is 26.4 Å². The fourth-order valence-corrected chi connectivity index (χ4v) is 1.47. The average Bonchev–Trinajstić information content (AvgIpc) is 2.28. The maximum atomic E-state index is 11.6. The van der Waals surface area contributed by atoms with E-state index >= 15 is 0 Å². The zero-order chi connectivity index (χ0) is 13.5. The number of amides is 2. The highest BCUT2D eigenvalue weighted by atomic mass is 16.2. The summed E-state index contributed by atoms with van der Waals surface area (Å²) in [7, 11) is 1.62. The van der Waals surface area contributed by atoms with Crippen molar-refractivity contribution < 1.29 is 14.2 Å². The summed E-state index contributed by atoms with van der Waals surface area (Å²) in [4.78, 5) is 23.2. The molecule has 1 rings (SSSR count). The summed E-state index contributed by atoms with van der Waals surface area (Å²) in [5.41, 5.74) is 5.53. The van der Waals surface area contributed by atoms with Gasteiger partial charge in [0.05, 0.1) is 0 Å². The molecule has 0 atom stereocenters. The van der Waals surface area contributed by atoms with Crippen LogP contribution in [0.15, 0.2) is 24.5 Å². The molecular formula is C12H19N4O2+. The highest BCUT2D eigenvalue weighted by Gasteiger charge is 2.13. The number of carbonyl (C=O) groups excluding carboxylic acids is 2. The number of hydrazine groups is 1. The SMILES string of the molecule is CNNC(=O)c1ccc[n+](CC(=O)NC(C)C)c1. The summed E-state index contributed by atoms with van der Waals surface area (Å²) in [5, 5.41) is 2.79. The van der Waals surface area contributed by atoms with Crippen LogP contribution in [0.4, 0.5) is 0 Å². The minimum Gasteiger partial charge on any atom is -0.348 e. The van der Waals surface area contributed by atoms with Crippen LogP contribution in [0.5, 0.6) is 0 Å². The molecule has 98 valence electrons. The molecule has 0 spiro atoms. The summed E-state index contributed by atoms with van der Waals surface area (Å²) < 4.78 is 1.67. The van der Waals surface area contributed by atoms with Gasteiger partial charge in [-0.3, -0.25) is 15.0 Å². The molecule has 0 fully saturated rings. The van der Waals surface area contributed by atoms with E-state index in [9.17, 15) is 9.59 Å². The van der Waals surface area contributed by atoms with Gasteiger partial charge in [0.25, 0.3) is 11.8 Å². The number of nitrogens with one attached hydrogen (secondary N) is 3. The third-order valence-corrected chi connectivity index (χ3v) is 2.13. The van der Waals surface area contributed by atoms with Crippen molar-refractivity contribution in [1.29, 1.82) is 0 Å². The van der Waals surface area contributed by atoms with Crippen molar-refractivity contribution in [3.05, 3.63) is 30.1 Å². The molecule has 0 aliphatic carbocycles. The number of nitrogens with zero attached hydrogens (tertiary/aromatic N) is 1. The van der Waals surface area contributed by atoms with Crippen LogP contribution in [-0.2, 0) is 11.3 Å². The highest BCUT2D eigenvalue weighted by molar-refractivity contribution is 5.93. The van der Waals surface area contributed by atoms with Gasteiger partial charge in [0.1, 0.15) is 5.56 Å². The van der Waals surface area contributed by atoms with Gasteiger partial charge in [-0.2, -0.15) is 4.57 Å². The van der Waals surface area contributed by atoms with Crippen LogP contribution in [-0.4, -0.2) is 24.9 Å². The second-order valence-corrected chi connectivity index (χ2v) is 4.19. The lowest BCUT2D eigenvalue weighted by molar-refractivity contribution is -0.684. The number of hydrogen-bond acceptors (Lipinski definition) is 3. The van der Waals surface area contributed by atoms with Crippen LogP contribution >= 0.6 is 0 Å². The Hall–Kier alpha value is -1.95. The first-order valence-corrected chi connectivity index (χ1v) is 5.78. The van der Waals surface area contributed by atoms with E-state index in [1.54, 1.807) is 36.1 Å². The zero-order valence-electron chi connectivity index (χ0n) is 10.9. The van der Waals surface area contributed by atoms with Crippen LogP contribution < -0.4 is 20.7 Å². The maximum Gasteiger partial charge on any atom is 0.286 e. The minimum absolute atomic E-state index is 0.0822. The third-order valence-electron chi connectivity index (χ3n) is 2.13. The Bertz CT molecular complexity index is 432. The van der Waals surface area contributed by atoms with Gasteiger partial charge in [-0.25, -0.2) is 5.43 Å². The lowest BCUT2D eigenvalue weighted by Crippen LogP contribution is -2.45. The molecule has 18 heavy (non-hydrogen) atoms. The smallest absolute Gasteiger partial charge is 0.286 e. The molecule has 0 aliphatic heterocycles. The summed E-state index contributed by atoms with van der Waals surface area (Å²) in [6, 6.07) is 3.52. The highest BCUT2D eigenvalue weighted by Crippen LogP contribution is 1.93. The van der Waals surface area contributed by atoms with Crippen molar-refractivity contribution in [3.8, 4) is 0 Å². The monoisotopic (exact) mass is 251 g/mol. The van der Waals surface area contributed by atoms with Crippen LogP contribution in [0, 0.1) is 0 Å². The Morgan fingerprint density at radius 1 is 1.39 bits per heavy atom. The minimum atomic E-state index is -0.240. The van der Waals surface area contributed by atoms with Gasteiger partial charge in [-0.05, 0) is 19.9 Å². The Balaban J connectivity index is 2.70. The van der Waals surface area contributed by atoms with E-state index in [2.05, 4.69) is 16.2 Å². The van der Waals surface area contributed by atoms with E-state index in [1.807, 2.05) is 13.8 Å². The van der Waals surface area contributed by atoms with E-state index in [1.165, 1.54) is 0 Å². The van der Waals surface area contributed by atoms with Crippen LogP contribution in [0.3, 0.4) is 0 Å². The number of carbonyl (C=O) groups is 2. The molecule has 0 radical (unpaired) electrons. The second-order valence-electron chi connectivity index (χ2n) is 4.19. The molecular weight excluding hydrogens is 232 g/mol. The number of hydrogen-bond donors (Lipinski definition) is 3. The fraction of sp³-hybridized carbons (Fsp3) is 0.417. The summed E-state index contributed by atoms with van der Waals surface area (Å²) in [6.45, 7) is 4.00. The van der Waals surface area contributed by atoms with E-state index in [-0.39, 0.29) is 24.4 Å². The first-order valence-electron chi connectivity index (χ1n) is 5.78. The largest absolute Gasteiger partial charge is 0.348 e. The molecule has 0 saturated carbocycles. The molecule has 1 aromatic heterocycles. The molecule has 2 amide bonds. The number of pyridine rings is 1. The van der Waals surface area contributed by atoms with E-state index in [4.69, 9.17) is 0 Å². The summed E-state index contributed by atoms with van der Waals surface area (Å²) >= 11 is 0. The van der Waals surface area contributed by atoms with E-state index in [0.717, 1.165) is 0 Å². The second kappa shape index (κ2) is 6.70. The zero-order valence-corrected chi connectivity index (χ0v) is 10.9. The normalized spacial score (nSPS) is 10.2. The lowest BCUT2D eigenvalue weighted by Gasteiger charge is -2.06. The molecule has 0 saturated heterocycles. The topological polar surface area (TPSA) is 74.1 Å². The standard InChI is InChI=1S/C12H18N4O2/c1-9(2)14-11(17)8-16-6-4-5-10(7-16)12(18)15-13-3/h4-7,9,13H,8H2,1-3H3,(H-,14,15,17,18)/p+1. The fourth-order valence-electron chi connectivity index (χ4n) is 1.47. The van der Waals surface area contributed by atoms with Gasteiger partial charge in [-0.1, -0.05) is 0 Å². The number of aromatic nitrogens is 1. The van der Waals surface area contributed by atoms with Gasteiger partial charge >= 0.3 is 0 Å². The van der Waals surface area contributed by atoms with Crippen LogP contribution in [0.1, 0.15) is 24.2 Å².